The summed E-state index contributed by atoms with van der Waals surface area (Å²) < 4.78 is 0. The number of thiocarbonyl (C=S) groups is 1. The zero-order valence-corrected chi connectivity index (χ0v) is 19.4. The number of benzodiazepines with no additional fused rings is 1. The molecule has 1 fully saturated rings. The highest BCUT2D eigenvalue weighted by Gasteiger charge is 2.31. The van der Waals surface area contributed by atoms with Crippen LogP contribution in [0.1, 0.15) is 11.1 Å². The Morgan fingerprint density at radius 1 is 1.19 bits per heavy atom. The van der Waals surface area contributed by atoms with Gasteiger partial charge in [-0.05, 0) is 30.4 Å². The SMILES string of the molecule is CN1C(=O)C(NC(=S)N2CCN(CCO)CC2)N=C(c2ccccc2)c2cc(Cl)ccc21. The lowest BCUT2D eigenvalue weighted by atomic mass is 10.0. The zero-order valence-electron chi connectivity index (χ0n) is 17.9. The van der Waals surface area contributed by atoms with Crippen LogP contribution in [0, 0.1) is 0 Å². The normalized spacial score (nSPS) is 19.3. The van der Waals surface area contributed by atoms with Gasteiger partial charge >= 0.3 is 0 Å². The summed E-state index contributed by atoms with van der Waals surface area (Å²) in [7, 11) is 1.74. The Hall–Kier alpha value is -2.52. The summed E-state index contributed by atoms with van der Waals surface area (Å²) in [6, 6.07) is 15.2. The second-order valence-corrected chi connectivity index (χ2v) is 8.63. The van der Waals surface area contributed by atoms with Gasteiger partial charge in [0.2, 0.25) is 6.17 Å². The summed E-state index contributed by atoms with van der Waals surface area (Å²) >= 11 is 11.9. The summed E-state index contributed by atoms with van der Waals surface area (Å²) in [5, 5.41) is 13.4. The number of nitrogens with zero attached hydrogens (tertiary/aromatic N) is 4. The predicted octanol–water partition coefficient (Wildman–Crippen LogP) is 1.96. The molecule has 1 amide bonds. The van der Waals surface area contributed by atoms with Gasteiger partial charge in [0.15, 0.2) is 5.11 Å². The van der Waals surface area contributed by atoms with Crippen LogP contribution in [-0.2, 0) is 4.79 Å². The third kappa shape index (κ3) is 4.78. The van der Waals surface area contributed by atoms with Crippen LogP contribution in [0.15, 0.2) is 53.5 Å². The number of rotatable bonds is 4. The summed E-state index contributed by atoms with van der Waals surface area (Å²) in [5.41, 5.74) is 3.13. The van der Waals surface area contributed by atoms with Gasteiger partial charge in [-0.15, -0.1) is 0 Å². The van der Waals surface area contributed by atoms with Gasteiger partial charge in [-0.1, -0.05) is 41.9 Å². The minimum Gasteiger partial charge on any atom is -0.395 e. The second kappa shape index (κ2) is 9.95. The van der Waals surface area contributed by atoms with Crippen molar-refractivity contribution in [3.05, 3.63) is 64.7 Å². The molecule has 7 nitrogen and oxygen atoms in total. The summed E-state index contributed by atoms with van der Waals surface area (Å²) in [6.45, 7) is 3.88. The van der Waals surface area contributed by atoms with E-state index in [0.29, 0.717) is 22.4 Å². The van der Waals surface area contributed by atoms with Gasteiger partial charge in [-0.2, -0.15) is 0 Å². The number of aliphatic hydroxyl groups is 1. The summed E-state index contributed by atoms with van der Waals surface area (Å²) in [5.74, 6) is -0.194. The van der Waals surface area contributed by atoms with E-state index in [4.69, 9.17) is 33.9 Å². The molecule has 4 rings (SSSR count). The number of halogens is 1. The van der Waals surface area contributed by atoms with Crippen LogP contribution in [0.2, 0.25) is 5.02 Å². The lowest BCUT2D eigenvalue weighted by molar-refractivity contribution is -0.119. The fraction of sp³-hybridized carbons (Fsp3) is 0.348. The number of hydrogen-bond acceptors (Lipinski definition) is 5. The highest BCUT2D eigenvalue weighted by molar-refractivity contribution is 7.80. The van der Waals surface area contributed by atoms with Crippen molar-refractivity contribution in [2.75, 3.05) is 51.3 Å². The van der Waals surface area contributed by atoms with Crippen LogP contribution in [0.25, 0.3) is 0 Å². The van der Waals surface area contributed by atoms with Gasteiger partial charge in [-0.3, -0.25) is 9.69 Å². The lowest BCUT2D eigenvalue weighted by Crippen LogP contribution is -2.55. The van der Waals surface area contributed by atoms with Crippen molar-refractivity contribution in [3.8, 4) is 0 Å². The summed E-state index contributed by atoms with van der Waals surface area (Å²) in [6.07, 6.45) is -0.857. The molecule has 2 aromatic carbocycles. The molecule has 32 heavy (non-hydrogen) atoms. The second-order valence-electron chi connectivity index (χ2n) is 7.81. The van der Waals surface area contributed by atoms with E-state index < -0.39 is 6.17 Å². The van der Waals surface area contributed by atoms with Gasteiger partial charge in [0.25, 0.3) is 5.91 Å². The van der Waals surface area contributed by atoms with E-state index in [1.807, 2.05) is 47.4 Å². The Bertz CT molecular complexity index is 1020. The van der Waals surface area contributed by atoms with Crippen LogP contribution < -0.4 is 10.2 Å². The van der Waals surface area contributed by atoms with Crippen LogP contribution in [0.4, 0.5) is 5.69 Å². The molecule has 2 aromatic rings. The lowest BCUT2D eigenvalue weighted by Gasteiger charge is -2.36. The number of hydrogen-bond donors (Lipinski definition) is 2. The molecular weight excluding hydrogens is 446 g/mol. The van der Waals surface area contributed by atoms with Crippen molar-refractivity contribution < 1.29 is 9.90 Å². The number of amides is 1. The predicted molar refractivity (Wildman–Crippen MR) is 132 cm³/mol. The molecule has 0 aliphatic carbocycles. The van der Waals surface area contributed by atoms with E-state index in [9.17, 15) is 4.79 Å². The number of nitrogens with one attached hydrogen (secondary N) is 1. The Kier molecular flexibility index (Phi) is 7.05. The molecule has 0 aromatic heterocycles. The first kappa shape index (κ1) is 22.7. The fourth-order valence-electron chi connectivity index (χ4n) is 3.99. The average molecular weight is 472 g/mol. The molecule has 2 N–H and O–H groups in total. The van der Waals surface area contributed by atoms with Gasteiger partial charge in [0.1, 0.15) is 0 Å². The third-order valence-corrected chi connectivity index (χ3v) is 6.39. The van der Waals surface area contributed by atoms with Crippen molar-refractivity contribution in [1.82, 2.24) is 15.1 Å². The molecule has 0 bridgehead atoms. The number of aliphatic hydroxyl groups excluding tert-OH is 1. The van der Waals surface area contributed by atoms with Crippen molar-refractivity contribution in [3.63, 3.8) is 0 Å². The largest absolute Gasteiger partial charge is 0.395 e. The summed E-state index contributed by atoms with van der Waals surface area (Å²) in [4.78, 5) is 24.0. The van der Waals surface area contributed by atoms with Crippen LogP contribution in [0.5, 0.6) is 0 Å². The Balaban J connectivity index is 1.63. The standard InChI is InChI=1S/C23H26ClN5O2S/c1-27-19-8-7-17(24)15-18(19)20(16-5-3-2-4-6-16)25-21(22(27)31)26-23(32)29-11-9-28(10-12-29)13-14-30/h2-8,15,21,30H,9-14H2,1H3,(H,26,32). The van der Waals surface area contributed by atoms with Crippen molar-refractivity contribution in [2.24, 2.45) is 4.99 Å². The molecule has 2 aliphatic rings. The minimum atomic E-state index is -0.857. The van der Waals surface area contributed by atoms with E-state index in [-0.39, 0.29) is 12.5 Å². The number of benzene rings is 2. The number of anilines is 1. The molecule has 1 unspecified atom stereocenters. The Morgan fingerprint density at radius 2 is 1.91 bits per heavy atom. The number of carbonyl (C=O) groups is 1. The zero-order chi connectivity index (χ0) is 22.7. The fourth-order valence-corrected chi connectivity index (χ4v) is 4.46. The molecule has 1 saturated heterocycles. The molecule has 0 saturated carbocycles. The molecule has 0 radical (unpaired) electrons. The highest BCUT2D eigenvalue weighted by atomic mass is 35.5. The van der Waals surface area contributed by atoms with Crippen molar-refractivity contribution in [1.29, 1.82) is 0 Å². The number of aliphatic imine (C=N–C) groups is 1. The van der Waals surface area contributed by atoms with Gasteiger partial charge in [-0.25, -0.2) is 4.99 Å². The maximum Gasteiger partial charge on any atom is 0.272 e. The van der Waals surface area contributed by atoms with Crippen LogP contribution in [0.3, 0.4) is 0 Å². The number of piperazine rings is 1. The number of likely N-dealkylation sites (N-methyl/N-ethyl adjacent to an activating group) is 1. The van der Waals surface area contributed by atoms with E-state index in [1.54, 1.807) is 18.0 Å². The first-order valence-electron chi connectivity index (χ1n) is 10.6. The molecular formula is C23H26ClN5O2S. The first-order valence-corrected chi connectivity index (χ1v) is 11.4. The topological polar surface area (TPSA) is 71.4 Å². The van der Waals surface area contributed by atoms with Crippen molar-refractivity contribution in [2.45, 2.75) is 6.17 Å². The van der Waals surface area contributed by atoms with Crippen LogP contribution in [-0.4, -0.2) is 84.2 Å². The molecule has 0 spiro atoms. The molecule has 1 atom stereocenters. The van der Waals surface area contributed by atoms with Gasteiger partial charge < -0.3 is 20.2 Å². The number of fused-ring (bicyclic) bond motifs is 1. The Morgan fingerprint density at radius 3 is 2.59 bits per heavy atom. The minimum absolute atomic E-state index is 0.146. The molecule has 2 heterocycles. The van der Waals surface area contributed by atoms with E-state index >= 15 is 0 Å². The Labute approximate surface area is 198 Å². The third-order valence-electron chi connectivity index (χ3n) is 5.78. The molecule has 9 heteroatoms. The smallest absolute Gasteiger partial charge is 0.272 e. The quantitative estimate of drug-likeness (QED) is 0.664. The van der Waals surface area contributed by atoms with E-state index in [2.05, 4.69) is 10.2 Å². The van der Waals surface area contributed by atoms with Gasteiger partial charge in [0, 0.05) is 55.9 Å². The average Bonchev–Trinajstić information content (AvgIpc) is 2.90. The maximum absolute atomic E-state index is 13.3. The number of carbonyl (C=O) groups excluding carboxylic acids is 1. The van der Waals surface area contributed by atoms with E-state index in [1.165, 1.54) is 0 Å². The van der Waals surface area contributed by atoms with Crippen LogP contribution >= 0.6 is 23.8 Å². The van der Waals surface area contributed by atoms with E-state index in [0.717, 1.165) is 43.0 Å². The maximum atomic E-state index is 13.3. The van der Waals surface area contributed by atoms with Crippen molar-refractivity contribution >= 4 is 46.2 Å². The monoisotopic (exact) mass is 471 g/mol. The first-order chi connectivity index (χ1) is 15.5. The molecule has 2 aliphatic heterocycles. The highest BCUT2D eigenvalue weighted by Crippen LogP contribution is 2.29. The van der Waals surface area contributed by atoms with Gasteiger partial charge in [0.05, 0.1) is 18.0 Å². The molecule has 168 valence electrons. The number of β-amino-alcohol motifs (C(OH)–C–C–N with tert-alkyl or cyclic N) is 1.